The van der Waals surface area contributed by atoms with Crippen LogP contribution in [-0.4, -0.2) is 47.5 Å². The number of allylic oxidation sites excluding steroid dienone is 1. The molecule has 9 heteroatoms. The molecule has 0 radical (unpaired) electrons. The molecule has 2 atom stereocenters. The SMILES string of the molecule is Nc1nc(NC2CC2)c2ncn([C@@H]3C[C@H](CO)C(O)=C3O)c2n1. The summed E-state index contributed by atoms with van der Waals surface area (Å²) in [5.41, 5.74) is 6.86. The maximum absolute atomic E-state index is 10.2. The van der Waals surface area contributed by atoms with Gasteiger partial charge in [0.15, 0.2) is 22.7 Å². The minimum Gasteiger partial charge on any atom is -0.508 e. The van der Waals surface area contributed by atoms with Gasteiger partial charge < -0.3 is 30.9 Å². The Bertz CT molecular complexity index is 797. The zero-order valence-corrected chi connectivity index (χ0v) is 12.3. The van der Waals surface area contributed by atoms with Crippen LogP contribution in [0.15, 0.2) is 17.8 Å². The molecule has 0 spiro atoms. The summed E-state index contributed by atoms with van der Waals surface area (Å²) in [7, 11) is 0. The fourth-order valence-electron chi connectivity index (χ4n) is 2.96. The van der Waals surface area contributed by atoms with E-state index in [0.717, 1.165) is 12.8 Å². The predicted octanol–water partition coefficient (Wildman–Crippen LogP) is 0.864. The van der Waals surface area contributed by atoms with Crippen molar-refractivity contribution in [2.45, 2.75) is 31.3 Å². The third-order valence-corrected chi connectivity index (χ3v) is 4.39. The second-order valence-electron chi connectivity index (χ2n) is 6.07. The summed E-state index contributed by atoms with van der Waals surface area (Å²) in [5.74, 6) is -0.138. The van der Waals surface area contributed by atoms with E-state index in [0.29, 0.717) is 29.4 Å². The van der Waals surface area contributed by atoms with Gasteiger partial charge in [0, 0.05) is 12.0 Å². The van der Waals surface area contributed by atoms with Gasteiger partial charge in [-0.25, -0.2) is 4.98 Å². The average molecular weight is 318 g/mol. The first-order chi connectivity index (χ1) is 11.1. The Morgan fingerprint density at radius 3 is 2.70 bits per heavy atom. The highest BCUT2D eigenvalue weighted by Gasteiger charge is 2.36. The second kappa shape index (κ2) is 4.98. The third kappa shape index (κ3) is 2.24. The number of fused-ring (bicyclic) bond motifs is 1. The lowest BCUT2D eigenvalue weighted by molar-refractivity contribution is 0.202. The normalized spacial score (nSPS) is 24.6. The number of anilines is 2. The summed E-state index contributed by atoms with van der Waals surface area (Å²) in [4.78, 5) is 12.8. The Morgan fingerprint density at radius 1 is 1.26 bits per heavy atom. The third-order valence-electron chi connectivity index (χ3n) is 4.39. The smallest absolute Gasteiger partial charge is 0.224 e. The molecule has 122 valence electrons. The molecule has 0 amide bonds. The molecule has 2 heterocycles. The zero-order chi connectivity index (χ0) is 16.1. The van der Waals surface area contributed by atoms with Crippen molar-refractivity contribution in [2.24, 2.45) is 5.92 Å². The van der Waals surface area contributed by atoms with Gasteiger partial charge in [0.05, 0.1) is 19.0 Å². The average Bonchev–Trinajstić information content (AvgIpc) is 3.17. The Balaban J connectivity index is 1.78. The summed E-state index contributed by atoms with van der Waals surface area (Å²) in [5, 5.41) is 32.6. The molecule has 0 unspecified atom stereocenters. The number of hydrogen-bond acceptors (Lipinski definition) is 8. The number of aromatic nitrogens is 4. The highest BCUT2D eigenvalue weighted by atomic mass is 16.3. The number of nitrogens with two attached hydrogens (primary N) is 1. The molecule has 2 aromatic rings. The summed E-state index contributed by atoms with van der Waals surface area (Å²) in [6.07, 6.45) is 4.09. The lowest BCUT2D eigenvalue weighted by atomic mass is 10.1. The van der Waals surface area contributed by atoms with E-state index in [1.807, 2.05) is 0 Å². The van der Waals surface area contributed by atoms with Gasteiger partial charge >= 0.3 is 0 Å². The summed E-state index contributed by atoms with van der Waals surface area (Å²) in [6, 6.07) is -0.138. The molecular weight excluding hydrogens is 300 g/mol. The maximum Gasteiger partial charge on any atom is 0.224 e. The maximum atomic E-state index is 10.2. The molecular formula is C14H18N6O3. The summed E-state index contributed by atoms with van der Waals surface area (Å²) < 4.78 is 1.66. The molecule has 23 heavy (non-hydrogen) atoms. The minimum absolute atomic E-state index is 0.117. The van der Waals surface area contributed by atoms with E-state index in [4.69, 9.17) is 5.73 Å². The van der Waals surface area contributed by atoms with Crippen molar-refractivity contribution < 1.29 is 15.3 Å². The standard InChI is InChI=1S/C14H18N6O3/c15-14-18-12(17-7-1-2-7)9-13(19-14)20(5-16-9)8-3-6(4-21)10(22)11(8)23/h5-8,21-23H,1-4H2,(H3,15,17,18,19)/t6-,8-/m1/s1. The van der Waals surface area contributed by atoms with Crippen molar-refractivity contribution in [2.75, 3.05) is 17.7 Å². The van der Waals surface area contributed by atoms with Gasteiger partial charge in [-0.3, -0.25) is 0 Å². The van der Waals surface area contributed by atoms with Gasteiger partial charge in [0.2, 0.25) is 5.95 Å². The molecule has 2 aromatic heterocycles. The topological polar surface area (TPSA) is 142 Å². The monoisotopic (exact) mass is 318 g/mol. The predicted molar refractivity (Wildman–Crippen MR) is 82.9 cm³/mol. The molecule has 9 nitrogen and oxygen atoms in total. The first-order valence-electron chi connectivity index (χ1n) is 7.58. The van der Waals surface area contributed by atoms with Crippen LogP contribution < -0.4 is 11.1 Å². The van der Waals surface area contributed by atoms with Gasteiger partial charge in [-0.2, -0.15) is 9.97 Å². The van der Waals surface area contributed by atoms with Gasteiger partial charge in [-0.05, 0) is 19.3 Å². The quantitative estimate of drug-likeness (QED) is 0.558. The van der Waals surface area contributed by atoms with E-state index in [1.165, 1.54) is 0 Å². The Labute approximate surface area is 131 Å². The van der Waals surface area contributed by atoms with E-state index < -0.39 is 12.0 Å². The van der Waals surface area contributed by atoms with Crippen LogP contribution in [0.3, 0.4) is 0 Å². The lowest BCUT2D eigenvalue weighted by Gasteiger charge is -2.14. The number of rotatable bonds is 4. The van der Waals surface area contributed by atoms with Gasteiger partial charge in [0.1, 0.15) is 5.76 Å². The van der Waals surface area contributed by atoms with Crippen LogP contribution in [0.5, 0.6) is 0 Å². The molecule has 0 saturated heterocycles. The van der Waals surface area contributed by atoms with Crippen LogP contribution in [0.4, 0.5) is 11.8 Å². The van der Waals surface area contributed by atoms with Gasteiger partial charge in [0.25, 0.3) is 0 Å². The van der Waals surface area contributed by atoms with E-state index >= 15 is 0 Å². The molecule has 2 aliphatic carbocycles. The molecule has 0 aliphatic heterocycles. The number of hydrogen-bond donors (Lipinski definition) is 5. The zero-order valence-electron chi connectivity index (χ0n) is 12.3. The van der Waals surface area contributed by atoms with E-state index in [1.54, 1.807) is 10.9 Å². The molecule has 6 N–H and O–H groups in total. The number of nitrogens with zero attached hydrogens (tertiary/aromatic N) is 4. The Kier molecular flexibility index (Phi) is 3.05. The van der Waals surface area contributed by atoms with Crippen molar-refractivity contribution >= 4 is 22.9 Å². The molecule has 0 bridgehead atoms. The summed E-state index contributed by atoms with van der Waals surface area (Å²) in [6.45, 7) is -0.232. The largest absolute Gasteiger partial charge is 0.508 e. The lowest BCUT2D eigenvalue weighted by Crippen LogP contribution is -2.12. The second-order valence-corrected chi connectivity index (χ2v) is 6.07. The first kappa shape index (κ1) is 14.1. The molecule has 4 rings (SSSR count). The first-order valence-corrected chi connectivity index (χ1v) is 7.58. The molecule has 0 aromatic carbocycles. The van der Waals surface area contributed by atoms with Crippen LogP contribution in [0, 0.1) is 5.92 Å². The van der Waals surface area contributed by atoms with E-state index in [9.17, 15) is 15.3 Å². The fraction of sp³-hybridized carbons (Fsp3) is 0.500. The molecule has 1 saturated carbocycles. The number of aliphatic hydroxyl groups is 3. The van der Waals surface area contributed by atoms with Gasteiger partial charge in [-0.1, -0.05) is 0 Å². The van der Waals surface area contributed by atoms with Gasteiger partial charge in [-0.15, -0.1) is 0 Å². The highest BCUT2D eigenvalue weighted by molar-refractivity contribution is 5.84. The number of aliphatic hydroxyl groups excluding tert-OH is 3. The number of imidazole rings is 1. The van der Waals surface area contributed by atoms with E-state index in [-0.39, 0.29) is 24.1 Å². The molecule has 2 aliphatic rings. The van der Waals surface area contributed by atoms with Crippen LogP contribution in [-0.2, 0) is 0 Å². The van der Waals surface area contributed by atoms with Crippen LogP contribution in [0.2, 0.25) is 0 Å². The highest BCUT2D eigenvalue weighted by Crippen LogP contribution is 2.39. The van der Waals surface area contributed by atoms with Crippen molar-refractivity contribution in [3.63, 3.8) is 0 Å². The van der Waals surface area contributed by atoms with Crippen LogP contribution in [0.25, 0.3) is 11.2 Å². The van der Waals surface area contributed by atoms with Crippen LogP contribution >= 0.6 is 0 Å². The number of nitrogen functional groups attached to an aromatic ring is 1. The summed E-state index contributed by atoms with van der Waals surface area (Å²) >= 11 is 0. The molecule has 1 fully saturated rings. The fourth-order valence-corrected chi connectivity index (χ4v) is 2.96. The Morgan fingerprint density at radius 2 is 2.04 bits per heavy atom. The Hall–Kier alpha value is -2.55. The number of nitrogens with one attached hydrogen (secondary N) is 1. The minimum atomic E-state index is -0.528. The van der Waals surface area contributed by atoms with Crippen molar-refractivity contribution in [1.29, 1.82) is 0 Å². The van der Waals surface area contributed by atoms with Crippen molar-refractivity contribution in [3.05, 3.63) is 17.8 Å². The van der Waals surface area contributed by atoms with E-state index in [2.05, 4.69) is 20.3 Å². The van der Waals surface area contributed by atoms with Crippen molar-refractivity contribution in [3.8, 4) is 0 Å². The van der Waals surface area contributed by atoms with Crippen LogP contribution in [0.1, 0.15) is 25.3 Å². The van der Waals surface area contributed by atoms with Crippen molar-refractivity contribution in [1.82, 2.24) is 19.5 Å².